The van der Waals surface area contributed by atoms with Crippen molar-refractivity contribution in [2.24, 2.45) is 5.73 Å². The summed E-state index contributed by atoms with van der Waals surface area (Å²) in [5.74, 6) is 0. The van der Waals surface area contributed by atoms with E-state index < -0.39 is 0 Å². The Morgan fingerprint density at radius 2 is 1.82 bits per heavy atom. The Kier molecular flexibility index (Phi) is 4.11. The fraction of sp³-hybridized carbons (Fsp3) is 0.231. The number of nitrogens with zero attached hydrogens (tertiary/aromatic N) is 1. The summed E-state index contributed by atoms with van der Waals surface area (Å²) in [6, 6.07) is 9.64. The number of hydrogen-bond donors (Lipinski definition) is 1. The average Bonchev–Trinajstić information content (AvgIpc) is 2.73. The van der Waals surface area contributed by atoms with Crippen LogP contribution in [0.4, 0.5) is 0 Å². The molecule has 0 bridgehead atoms. The van der Waals surface area contributed by atoms with E-state index >= 15 is 0 Å². The Labute approximate surface area is 111 Å². The Balaban J connectivity index is 2.35. The third-order valence-corrected chi connectivity index (χ3v) is 3.03. The molecule has 0 aliphatic carbocycles. The van der Waals surface area contributed by atoms with Gasteiger partial charge in [0.05, 0.1) is 0 Å². The maximum absolute atomic E-state index is 6.01. The molecule has 2 nitrogen and oxygen atoms in total. The van der Waals surface area contributed by atoms with Gasteiger partial charge in [0.25, 0.3) is 0 Å². The van der Waals surface area contributed by atoms with Crippen LogP contribution in [0.25, 0.3) is 5.69 Å². The van der Waals surface area contributed by atoms with E-state index in [0.717, 1.165) is 18.5 Å². The first kappa shape index (κ1) is 12.5. The molecule has 0 saturated carbocycles. The van der Waals surface area contributed by atoms with E-state index in [4.69, 9.17) is 28.9 Å². The SMILES string of the molecule is NCCCc1cccn1-c1cc(Cl)cc(Cl)c1. The summed E-state index contributed by atoms with van der Waals surface area (Å²) in [6.45, 7) is 0.696. The van der Waals surface area contributed by atoms with Crippen LogP contribution in [0.15, 0.2) is 36.5 Å². The van der Waals surface area contributed by atoms with E-state index in [1.165, 1.54) is 5.69 Å². The predicted molar refractivity (Wildman–Crippen MR) is 73.2 cm³/mol. The zero-order valence-electron chi connectivity index (χ0n) is 9.37. The molecule has 1 heterocycles. The van der Waals surface area contributed by atoms with Crippen molar-refractivity contribution in [3.8, 4) is 5.69 Å². The molecule has 4 heteroatoms. The van der Waals surface area contributed by atoms with Gasteiger partial charge < -0.3 is 10.3 Å². The number of benzene rings is 1. The third kappa shape index (κ3) is 3.03. The van der Waals surface area contributed by atoms with Crippen LogP contribution in [0.1, 0.15) is 12.1 Å². The lowest BCUT2D eigenvalue weighted by Gasteiger charge is -2.10. The van der Waals surface area contributed by atoms with Crippen LogP contribution in [0, 0.1) is 0 Å². The van der Waals surface area contributed by atoms with Crippen molar-refractivity contribution >= 4 is 23.2 Å². The second kappa shape index (κ2) is 5.58. The minimum Gasteiger partial charge on any atom is -0.330 e. The van der Waals surface area contributed by atoms with E-state index in [0.29, 0.717) is 16.6 Å². The summed E-state index contributed by atoms with van der Waals surface area (Å²) in [5, 5.41) is 1.29. The van der Waals surface area contributed by atoms with E-state index in [2.05, 4.69) is 10.6 Å². The van der Waals surface area contributed by atoms with Crippen molar-refractivity contribution in [2.45, 2.75) is 12.8 Å². The molecular weight excluding hydrogens is 255 g/mol. The number of nitrogens with two attached hydrogens (primary N) is 1. The van der Waals surface area contributed by atoms with Gasteiger partial charge in [0.15, 0.2) is 0 Å². The van der Waals surface area contributed by atoms with Gasteiger partial charge in [-0.1, -0.05) is 23.2 Å². The second-order valence-corrected chi connectivity index (χ2v) is 4.76. The summed E-state index contributed by atoms with van der Waals surface area (Å²) < 4.78 is 2.09. The molecule has 1 aromatic carbocycles. The average molecular weight is 269 g/mol. The summed E-state index contributed by atoms with van der Waals surface area (Å²) in [6.07, 6.45) is 3.93. The fourth-order valence-electron chi connectivity index (χ4n) is 1.83. The standard InChI is InChI=1S/C13H14Cl2N2/c14-10-7-11(15)9-13(8-10)17-6-2-4-12(17)3-1-5-16/h2,4,6-9H,1,3,5,16H2. The fourth-order valence-corrected chi connectivity index (χ4v) is 2.35. The monoisotopic (exact) mass is 268 g/mol. The lowest BCUT2D eigenvalue weighted by molar-refractivity contribution is 0.789. The first-order chi connectivity index (χ1) is 8.20. The number of aryl methyl sites for hydroxylation is 1. The highest BCUT2D eigenvalue weighted by Gasteiger charge is 2.05. The van der Waals surface area contributed by atoms with Crippen molar-refractivity contribution < 1.29 is 0 Å². The lowest BCUT2D eigenvalue weighted by atomic mass is 10.2. The number of hydrogen-bond acceptors (Lipinski definition) is 1. The van der Waals surface area contributed by atoms with Crippen LogP contribution in [-0.2, 0) is 6.42 Å². The van der Waals surface area contributed by atoms with Gasteiger partial charge in [0.2, 0.25) is 0 Å². The lowest BCUT2D eigenvalue weighted by Crippen LogP contribution is -2.04. The van der Waals surface area contributed by atoms with Crippen molar-refractivity contribution in [3.05, 3.63) is 52.3 Å². The molecule has 2 rings (SSSR count). The van der Waals surface area contributed by atoms with Crippen LogP contribution >= 0.6 is 23.2 Å². The van der Waals surface area contributed by atoms with Gasteiger partial charge in [-0.15, -0.1) is 0 Å². The Bertz CT molecular complexity index is 486. The highest BCUT2D eigenvalue weighted by Crippen LogP contribution is 2.23. The van der Waals surface area contributed by atoms with Crippen molar-refractivity contribution in [1.29, 1.82) is 0 Å². The summed E-state index contributed by atoms with van der Waals surface area (Å²) in [5.41, 5.74) is 7.73. The molecule has 0 radical (unpaired) electrons. The third-order valence-electron chi connectivity index (χ3n) is 2.60. The number of rotatable bonds is 4. The predicted octanol–water partition coefficient (Wildman–Crippen LogP) is 3.68. The zero-order valence-corrected chi connectivity index (χ0v) is 10.9. The van der Waals surface area contributed by atoms with E-state index in [1.807, 2.05) is 24.4 Å². The summed E-state index contributed by atoms with van der Waals surface area (Å²) in [4.78, 5) is 0. The maximum atomic E-state index is 6.01. The number of halogens is 2. The van der Waals surface area contributed by atoms with Crippen LogP contribution in [0.2, 0.25) is 10.0 Å². The van der Waals surface area contributed by atoms with Crippen LogP contribution in [0.3, 0.4) is 0 Å². The van der Waals surface area contributed by atoms with Crippen molar-refractivity contribution in [2.75, 3.05) is 6.54 Å². The van der Waals surface area contributed by atoms with Crippen LogP contribution in [-0.4, -0.2) is 11.1 Å². The van der Waals surface area contributed by atoms with Gasteiger partial charge in [-0.25, -0.2) is 0 Å². The quantitative estimate of drug-likeness (QED) is 0.901. The molecule has 2 N–H and O–H groups in total. The molecule has 0 atom stereocenters. The second-order valence-electron chi connectivity index (χ2n) is 3.89. The van der Waals surface area contributed by atoms with E-state index in [9.17, 15) is 0 Å². The minimum atomic E-state index is 0.644. The van der Waals surface area contributed by atoms with Crippen LogP contribution < -0.4 is 5.73 Å². The maximum Gasteiger partial charge on any atom is 0.0481 e. The van der Waals surface area contributed by atoms with E-state index in [1.54, 1.807) is 6.07 Å². The van der Waals surface area contributed by atoms with Gasteiger partial charge in [0, 0.05) is 27.6 Å². The molecular formula is C13H14Cl2N2. The molecule has 0 unspecified atom stereocenters. The normalized spacial score (nSPS) is 10.8. The van der Waals surface area contributed by atoms with Gasteiger partial charge in [0.1, 0.15) is 0 Å². The molecule has 2 aromatic rings. The molecule has 17 heavy (non-hydrogen) atoms. The number of aromatic nitrogens is 1. The van der Waals surface area contributed by atoms with Gasteiger partial charge >= 0.3 is 0 Å². The molecule has 90 valence electrons. The largest absolute Gasteiger partial charge is 0.330 e. The Morgan fingerprint density at radius 1 is 1.12 bits per heavy atom. The topological polar surface area (TPSA) is 30.9 Å². The smallest absolute Gasteiger partial charge is 0.0481 e. The zero-order chi connectivity index (χ0) is 12.3. The molecule has 0 amide bonds. The molecule has 0 fully saturated rings. The minimum absolute atomic E-state index is 0.644. The molecule has 0 spiro atoms. The first-order valence-electron chi connectivity index (χ1n) is 5.53. The molecule has 0 aliphatic heterocycles. The Hall–Kier alpha value is -0.960. The summed E-state index contributed by atoms with van der Waals surface area (Å²) in [7, 11) is 0. The van der Waals surface area contributed by atoms with Crippen molar-refractivity contribution in [1.82, 2.24) is 4.57 Å². The molecule has 1 aromatic heterocycles. The first-order valence-corrected chi connectivity index (χ1v) is 6.29. The Morgan fingerprint density at radius 3 is 2.47 bits per heavy atom. The molecule has 0 aliphatic rings. The summed E-state index contributed by atoms with van der Waals surface area (Å²) >= 11 is 12.0. The highest BCUT2D eigenvalue weighted by atomic mass is 35.5. The van der Waals surface area contributed by atoms with Gasteiger partial charge in [-0.3, -0.25) is 0 Å². The molecule has 0 saturated heterocycles. The highest BCUT2D eigenvalue weighted by molar-refractivity contribution is 6.34. The van der Waals surface area contributed by atoms with Gasteiger partial charge in [-0.05, 0) is 49.7 Å². The van der Waals surface area contributed by atoms with Gasteiger partial charge in [-0.2, -0.15) is 0 Å². The van der Waals surface area contributed by atoms with Crippen LogP contribution in [0.5, 0.6) is 0 Å². The van der Waals surface area contributed by atoms with E-state index in [-0.39, 0.29) is 0 Å². The van der Waals surface area contributed by atoms with Crippen molar-refractivity contribution in [3.63, 3.8) is 0 Å².